The van der Waals surface area contributed by atoms with Crippen molar-refractivity contribution in [2.75, 3.05) is 19.7 Å². The molecule has 0 aliphatic heterocycles. The van der Waals surface area contributed by atoms with E-state index in [0.29, 0.717) is 0 Å². The molecule has 0 aliphatic carbocycles. The molecule has 0 heterocycles. The quantitative estimate of drug-likeness (QED) is 0.395. The molecule has 0 bridgehead atoms. The summed E-state index contributed by atoms with van der Waals surface area (Å²) in [4.78, 5) is 0. The summed E-state index contributed by atoms with van der Waals surface area (Å²) in [5.41, 5.74) is 0. The zero-order chi connectivity index (χ0) is 6.24. The lowest BCUT2D eigenvalue weighted by atomic mass is 10.5. The van der Waals surface area contributed by atoms with Crippen molar-refractivity contribution < 1.29 is 4.43 Å². The summed E-state index contributed by atoms with van der Waals surface area (Å²) in [5, 5.41) is 3.23. The standard InChI is InChI=1S/C5H15NOSi/c1-2-3-6-4-5-7-8/h6H,2-5H2,1,8H3. The van der Waals surface area contributed by atoms with Crippen molar-refractivity contribution in [2.24, 2.45) is 0 Å². The van der Waals surface area contributed by atoms with Gasteiger partial charge in [-0.05, 0) is 13.0 Å². The first kappa shape index (κ1) is 8.14. The maximum Gasteiger partial charge on any atom is 0.146 e. The highest BCUT2D eigenvalue weighted by molar-refractivity contribution is 5.97. The Balaban J connectivity index is 2.53. The van der Waals surface area contributed by atoms with Gasteiger partial charge in [0.25, 0.3) is 0 Å². The average molecular weight is 133 g/mol. The maximum absolute atomic E-state index is 4.96. The Labute approximate surface area is 54.2 Å². The second-order valence-electron chi connectivity index (χ2n) is 1.74. The Morgan fingerprint density at radius 1 is 1.50 bits per heavy atom. The Morgan fingerprint density at radius 3 is 2.75 bits per heavy atom. The summed E-state index contributed by atoms with van der Waals surface area (Å²) < 4.78 is 4.96. The van der Waals surface area contributed by atoms with Gasteiger partial charge in [-0.25, -0.2) is 0 Å². The molecule has 0 aromatic rings. The summed E-state index contributed by atoms with van der Waals surface area (Å²) in [7, 11) is 0.867. The van der Waals surface area contributed by atoms with E-state index >= 15 is 0 Å². The van der Waals surface area contributed by atoms with E-state index in [0.717, 1.165) is 30.2 Å². The van der Waals surface area contributed by atoms with Gasteiger partial charge in [0, 0.05) is 13.2 Å². The largest absolute Gasteiger partial charge is 0.427 e. The minimum absolute atomic E-state index is 0.867. The third-order valence-corrected chi connectivity index (χ3v) is 1.32. The van der Waals surface area contributed by atoms with Crippen molar-refractivity contribution >= 4 is 10.5 Å². The molecule has 0 fully saturated rings. The molecular weight excluding hydrogens is 118 g/mol. The molecule has 0 spiro atoms. The number of hydrogen-bond acceptors (Lipinski definition) is 2. The highest BCUT2D eigenvalue weighted by atomic mass is 28.2. The van der Waals surface area contributed by atoms with Crippen molar-refractivity contribution in [3.05, 3.63) is 0 Å². The summed E-state index contributed by atoms with van der Waals surface area (Å²) in [6.07, 6.45) is 1.21. The normalized spacial score (nSPS) is 10.1. The van der Waals surface area contributed by atoms with Gasteiger partial charge in [0.2, 0.25) is 0 Å². The zero-order valence-electron chi connectivity index (χ0n) is 5.74. The highest BCUT2D eigenvalue weighted by Crippen LogP contribution is 1.68. The van der Waals surface area contributed by atoms with Gasteiger partial charge in [0.05, 0.1) is 0 Å². The van der Waals surface area contributed by atoms with Gasteiger partial charge in [-0.3, -0.25) is 0 Å². The van der Waals surface area contributed by atoms with E-state index in [1.165, 1.54) is 6.42 Å². The summed E-state index contributed by atoms with van der Waals surface area (Å²) in [6.45, 7) is 5.17. The molecule has 0 atom stereocenters. The lowest BCUT2D eigenvalue weighted by Gasteiger charge is -1.99. The van der Waals surface area contributed by atoms with Crippen LogP contribution in [-0.2, 0) is 4.43 Å². The minimum atomic E-state index is 0.867. The van der Waals surface area contributed by atoms with E-state index in [2.05, 4.69) is 12.2 Å². The van der Waals surface area contributed by atoms with Crippen LogP contribution in [0.3, 0.4) is 0 Å². The van der Waals surface area contributed by atoms with E-state index in [1.807, 2.05) is 0 Å². The third kappa shape index (κ3) is 6.14. The third-order valence-electron chi connectivity index (χ3n) is 0.910. The fourth-order valence-electron chi connectivity index (χ4n) is 0.476. The number of nitrogens with one attached hydrogen (secondary N) is 1. The van der Waals surface area contributed by atoms with Gasteiger partial charge in [0.15, 0.2) is 0 Å². The van der Waals surface area contributed by atoms with Crippen LogP contribution in [0, 0.1) is 0 Å². The Morgan fingerprint density at radius 2 is 2.25 bits per heavy atom. The van der Waals surface area contributed by atoms with Gasteiger partial charge in [-0.1, -0.05) is 6.92 Å². The van der Waals surface area contributed by atoms with Gasteiger partial charge in [0.1, 0.15) is 10.5 Å². The lowest BCUT2D eigenvalue weighted by Crippen LogP contribution is -2.19. The molecule has 2 nitrogen and oxygen atoms in total. The minimum Gasteiger partial charge on any atom is -0.427 e. The van der Waals surface area contributed by atoms with Crippen molar-refractivity contribution in [3.63, 3.8) is 0 Å². The fraction of sp³-hybridized carbons (Fsp3) is 1.00. The number of hydrogen-bond donors (Lipinski definition) is 1. The molecule has 1 N–H and O–H groups in total. The van der Waals surface area contributed by atoms with Gasteiger partial charge in [-0.2, -0.15) is 0 Å². The maximum atomic E-state index is 4.96. The fourth-order valence-corrected chi connectivity index (χ4v) is 0.680. The Hall–Kier alpha value is 0.137. The van der Waals surface area contributed by atoms with Crippen LogP contribution in [0.5, 0.6) is 0 Å². The molecule has 0 saturated heterocycles. The SMILES string of the molecule is CCCNCCO[SiH3]. The predicted molar refractivity (Wildman–Crippen MR) is 39.1 cm³/mol. The molecule has 0 amide bonds. The molecule has 0 aliphatic rings. The molecule has 0 unspecified atom stereocenters. The van der Waals surface area contributed by atoms with Crippen molar-refractivity contribution in [1.82, 2.24) is 5.32 Å². The summed E-state index contributed by atoms with van der Waals surface area (Å²) >= 11 is 0. The topological polar surface area (TPSA) is 21.3 Å². The molecule has 0 rings (SSSR count). The molecule has 3 heteroatoms. The molecule has 8 heavy (non-hydrogen) atoms. The Kier molecular flexibility index (Phi) is 7.26. The first-order valence-corrected chi connectivity index (χ1v) is 3.93. The van der Waals surface area contributed by atoms with Crippen molar-refractivity contribution in [2.45, 2.75) is 13.3 Å². The molecular formula is C5H15NOSi. The second kappa shape index (κ2) is 7.14. The first-order valence-electron chi connectivity index (χ1n) is 3.11. The van der Waals surface area contributed by atoms with Crippen LogP contribution < -0.4 is 5.32 Å². The van der Waals surface area contributed by atoms with E-state index in [9.17, 15) is 0 Å². The molecule has 0 aromatic heterocycles. The van der Waals surface area contributed by atoms with Gasteiger partial charge < -0.3 is 9.74 Å². The summed E-state index contributed by atoms with van der Waals surface area (Å²) in [5.74, 6) is 0. The summed E-state index contributed by atoms with van der Waals surface area (Å²) in [6, 6.07) is 0. The van der Waals surface area contributed by atoms with Crippen molar-refractivity contribution in [3.8, 4) is 0 Å². The zero-order valence-corrected chi connectivity index (χ0v) is 7.74. The number of rotatable bonds is 5. The van der Waals surface area contributed by atoms with E-state index in [-0.39, 0.29) is 0 Å². The van der Waals surface area contributed by atoms with Crippen LogP contribution in [0.2, 0.25) is 0 Å². The second-order valence-corrected chi connectivity index (χ2v) is 2.32. The van der Waals surface area contributed by atoms with Crippen LogP contribution in [0.4, 0.5) is 0 Å². The molecule has 50 valence electrons. The van der Waals surface area contributed by atoms with Crippen molar-refractivity contribution in [1.29, 1.82) is 0 Å². The molecule has 0 aromatic carbocycles. The predicted octanol–water partition coefficient (Wildman–Crippen LogP) is -0.717. The Bertz CT molecular complexity index is 37.4. The van der Waals surface area contributed by atoms with Gasteiger partial charge >= 0.3 is 0 Å². The average Bonchev–Trinajstić information content (AvgIpc) is 1.81. The van der Waals surface area contributed by atoms with E-state index < -0.39 is 0 Å². The molecule has 0 saturated carbocycles. The van der Waals surface area contributed by atoms with Crippen LogP contribution in [-0.4, -0.2) is 30.2 Å². The lowest BCUT2D eigenvalue weighted by molar-refractivity contribution is 0.344. The monoisotopic (exact) mass is 133 g/mol. The highest BCUT2D eigenvalue weighted by Gasteiger charge is 1.80. The van der Waals surface area contributed by atoms with Gasteiger partial charge in [-0.15, -0.1) is 0 Å². The molecule has 0 radical (unpaired) electrons. The smallest absolute Gasteiger partial charge is 0.146 e. The van der Waals surface area contributed by atoms with Crippen LogP contribution in [0.25, 0.3) is 0 Å². The van der Waals surface area contributed by atoms with Crippen LogP contribution in [0.1, 0.15) is 13.3 Å². The van der Waals surface area contributed by atoms with E-state index in [4.69, 9.17) is 4.43 Å². The van der Waals surface area contributed by atoms with Crippen LogP contribution >= 0.6 is 0 Å². The van der Waals surface area contributed by atoms with Crippen LogP contribution in [0.15, 0.2) is 0 Å². The first-order chi connectivity index (χ1) is 3.91. The van der Waals surface area contributed by atoms with E-state index in [1.54, 1.807) is 0 Å².